The van der Waals surface area contributed by atoms with Gasteiger partial charge in [0.25, 0.3) is 0 Å². The van der Waals surface area contributed by atoms with Gasteiger partial charge in [-0.25, -0.2) is 8.42 Å². The number of rotatable bonds is 5. The van der Waals surface area contributed by atoms with Crippen molar-refractivity contribution in [1.82, 2.24) is 4.31 Å². The van der Waals surface area contributed by atoms with Crippen LogP contribution in [0, 0.1) is 0 Å². The van der Waals surface area contributed by atoms with Crippen molar-refractivity contribution in [3.8, 4) is 0 Å². The Hall–Kier alpha value is -0.950. The highest BCUT2D eigenvalue weighted by Crippen LogP contribution is 2.37. The molecule has 0 aliphatic heterocycles. The normalized spacial score (nSPS) is 13.2. The van der Waals surface area contributed by atoms with Crippen LogP contribution >= 0.6 is 11.3 Å². The molecule has 1 aromatic carbocycles. The summed E-state index contributed by atoms with van der Waals surface area (Å²) < 4.78 is 28.6. The van der Waals surface area contributed by atoms with Crippen molar-refractivity contribution in [3.63, 3.8) is 0 Å². The summed E-state index contributed by atoms with van der Waals surface area (Å²) in [6.07, 6.45) is 0.739. The highest BCUT2D eigenvalue weighted by Gasteiger charge is 2.35. The monoisotopic (exact) mass is 326 g/mol. The number of nitrogens with two attached hydrogens (primary N) is 1. The molecule has 1 aromatic heterocycles. The van der Waals surface area contributed by atoms with Crippen LogP contribution in [0.15, 0.2) is 29.2 Å². The molecule has 4 nitrogen and oxygen atoms in total. The Morgan fingerprint density at radius 3 is 2.48 bits per heavy atom. The fourth-order valence-corrected chi connectivity index (χ4v) is 5.54. The summed E-state index contributed by atoms with van der Waals surface area (Å²) in [5.74, 6) is 0. The second-order valence-electron chi connectivity index (χ2n) is 5.69. The van der Waals surface area contributed by atoms with E-state index in [-0.39, 0.29) is 6.54 Å². The van der Waals surface area contributed by atoms with Crippen molar-refractivity contribution >= 4 is 31.4 Å². The van der Waals surface area contributed by atoms with Crippen molar-refractivity contribution in [2.24, 2.45) is 5.73 Å². The van der Waals surface area contributed by atoms with E-state index in [1.807, 2.05) is 45.0 Å². The third kappa shape index (κ3) is 2.73. The topological polar surface area (TPSA) is 63.4 Å². The Kier molecular flexibility index (Phi) is 4.44. The van der Waals surface area contributed by atoms with Crippen LogP contribution in [0.25, 0.3) is 10.1 Å². The maximum atomic E-state index is 13.1. The van der Waals surface area contributed by atoms with Crippen LogP contribution in [0.1, 0.15) is 32.1 Å². The van der Waals surface area contributed by atoms with E-state index in [1.54, 1.807) is 7.05 Å². The third-order valence-electron chi connectivity index (χ3n) is 4.14. The van der Waals surface area contributed by atoms with Gasteiger partial charge < -0.3 is 5.73 Å². The van der Waals surface area contributed by atoms with Crippen LogP contribution in [0.3, 0.4) is 0 Å². The van der Waals surface area contributed by atoms with Crippen LogP contribution in [-0.2, 0) is 16.6 Å². The number of sulfonamides is 1. The zero-order chi connectivity index (χ0) is 15.8. The van der Waals surface area contributed by atoms with Gasteiger partial charge in [0.05, 0.1) is 0 Å². The first-order chi connectivity index (χ1) is 9.75. The lowest BCUT2D eigenvalue weighted by molar-refractivity contribution is 0.257. The van der Waals surface area contributed by atoms with Crippen molar-refractivity contribution in [2.45, 2.75) is 44.2 Å². The van der Waals surface area contributed by atoms with E-state index in [0.717, 1.165) is 21.4 Å². The number of thiophene rings is 1. The Morgan fingerprint density at radius 1 is 1.29 bits per heavy atom. The summed E-state index contributed by atoms with van der Waals surface area (Å²) in [5.41, 5.74) is 5.34. The van der Waals surface area contributed by atoms with Crippen molar-refractivity contribution in [1.29, 1.82) is 0 Å². The van der Waals surface area contributed by atoms with Gasteiger partial charge >= 0.3 is 0 Å². The summed E-state index contributed by atoms with van der Waals surface area (Å²) >= 11 is 1.46. The summed E-state index contributed by atoms with van der Waals surface area (Å²) in [7, 11) is -1.93. The van der Waals surface area contributed by atoms with Gasteiger partial charge in [0.15, 0.2) is 0 Å². The second kappa shape index (κ2) is 5.68. The molecular formula is C15H22N2O2S2. The fourth-order valence-electron chi connectivity index (χ4n) is 2.17. The quantitative estimate of drug-likeness (QED) is 0.918. The molecule has 2 rings (SSSR count). The standard InChI is InChI=1S/C15H22N2O2S2/c1-5-15(2,3)17(4)21(18,19)14-11-8-6-7-9-12(11)20-13(14)10-16/h6-9H,5,10,16H2,1-4H3. The third-order valence-corrected chi connectivity index (χ3v) is 7.66. The molecule has 0 aliphatic carbocycles. The van der Waals surface area contributed by atoms with Crippen LogP contribution in [0.2, 0.25) is 0 Å². The molecule has 2 aromatic rings. The van der Waals surface area contributed by atoms with Crippen molar-refractivity contribution in [2.75, 3.05) is 7.05 Å². The molecule has 0 atom stereocenters. The number of hydrogen-bond donors (Lipinski definition) is 1. The summed E-state index contributed by atoms with van der Waals surface area (Å²) in [5, 5.41) is 0.765. The van der Waals surface area contributed by atoms with Gasteiger partial charge in [0.2, 0.25) is 10.0 Å². The number of hydrogen-bond acceptors (Lipinski definition) is 4. The molecule has 0 fully saturated rings. The molecule has 0 bridgehead atoms. The first-order valence-electron chi connectivity index (χ1n) is 6.95. The minimum atomic E-state index is -3.57. The number of benzene rings is 1. The van der Waals surface area contributed by atoms with Gasteiger partial charge in [-0.05, 0) is 26.3 Å². The van der Waals surface area contributed by atoms with E-state index < -0.39 is 15.6 Å². The van der Waals surface area contributed by atoms with Crippen molar-refractivity contribution < 1.29 is 8.42 Å². The molecule has 0 radical (unpaired) electrons. The van der Waals surface area contributed by atoms with Gasteiger partial charge in [-0.1, -0.05) is 25.1 Å². The molecule has 2 N–H and O–H groups in total. The van der Waals surface area contributed by atoms with E-state index >= 15 is 0 Å². The minimum Gasteiger partial charge on any atom is -0.326 e. The van der Waals surface area contributed by atoms with Gasteiger partial charge in [-0.2, -0.15) is 4.31 Å². The predicted molar refractivity (Wildman–Crippen MR) is 89.0 cm³/mol. The highest BCUT2D eigenvalue weighted by molar-refractivity contribution is 7.89. The van der Waals surface area contributed by atoms with Crippen LogP contribution in [0.5, 0.6) is 0 Å². The Labute approximate surface area is 130 Å². The fraction of sp³-hybridized carbons (Fsp3) is 0.467. The SMILES string of the molecule is CCC(C)(C)N(C)S(=O)(=O)c1c(CN)sc2ccccc12. The maximum Gasteiger partial charge on any atom is 0.245 e. The Balaban J connectivity index is 2.70. The first kappa shape index (κ1) is 16.4. The average molecular weight is 326 g/mol. The number of nitrogens with zero attached hydrogens (tertiary/aromatic N) is 1. The summed E-state index contributed by atoms with van der Waals surface area (Å²) in [4.78, 5) is 1.09. The van der Waals surface area contributed by atoms with Gasteiger partial charge in [0.1, 0.15) is 4.90 Å². The molecule has 6 heteroatoms. The van der Waals surface area contributed by atoms with E-state index in [1.165, 1.54) is 15.6 Å². The largest absolute Gasteiger partial charge is 0.326 e. The Morgan fingerprint density at radius 2 is 1.90 bits per heavy atom. The molecule has 1 heterocycles. The highest BCUT2D eigenvalue weighted by atomic mass is 32.2. The molecule has 0 saturated carbocycles. The summed E-state index contributed by atoms with van der Waals surface area (Å²) in [6.45, 7) is 6.08. The molecule has 21 heavy (non-hydrogen) atoms. The van der Waals surface area contributed by atoms with Crippen LogP contribution < -0.4 is 5.73 Å². The average Bonchev–Trinajstić information content (AvgIpc) is 2.85. The second-order valence-corrected chi connectivity index (χ2v) is 8.74. The van der Waals surface area contributed by atoms with Gasteiger partial charge in [0, 0.05) is 34.1 Å². The van der Waals surface area contributed by atoms with Crippen LogP contribution in [0.4, 0.5) is 0 Å². The van der Waals surface area contributed by atoms with Gasteiger partial charge in [-0.15, -0.1) is 11.3 Å². The van der Waals surface area contributed by atoms with E-state index in [4.69, 9.17) is 5.73 Å². The minimum absolute atomic E-state index is 0.230. The predicted octanol–water partition coefficient (Wildman–Crippen LogP) is 3.17. The molecule has 0 amide bonds. The zero-order valence-corrected chi connectivity index (χ0v) is 14.5. The molecule has 0 spiro atoms. The first-order valence-corrected chi connectivity index (χ1v) is 9.21. The zero-order valence-electron chi connectivity index (χ0n) is 12.9. The molecule has 0 aliphatic rings. The lowest BCUT2D eigenvalue weighted by atomic mass is 10.0. The summed E-state index contributed by atoms with van der Waals surface area (Å²) in [6, 6.07) is 7.56. The smallest absolute Gasteiger partial charge is 0.245 e. The van der Waals surface area contributed by atoms with E-state index in [0.29, 0.717) is 4.90 Å². The lowest BCUT2D eigenvalue weighted by Gasteiger charge is -2.33. The maximum absolute atomic E-state index is 13.1. The molecule has 116 valence electrons. The molecule has 0 saturated heterocycles. The van der Waals surface area contributed by atoms with Crippen molar-refractivity contribution in [3.05, 3.63) is 29.1 Å². The molecule has 0 unspecified atom stereocenters. The van der Waals surface area contributed by atoms with Gasteiger partial charge in [-0.3, -0.25) is 0 Å². The van der Waals surface area contributed by atoms with E-state index in [2.05, 4.69) is 0 Å². The van der Waals surface area contributed by atoms with E-state index in [9.17, 15) is 8.42 Å². The van der Waals surface area contributed by atoms with Crippen LogP contribution in [-0.4, -0.2) is 25.3 Å². The Bertz CT molecular complexity index is 748. The number of fused-ring (bicyclic) bond motifs is 1. The lowest BCUT2D eigenvalue weighted by Crippen LogP contribution is -2.44. The molecular weight excluding hydrogens is 304 g/mol.